The van der Waals surface area contributed by atoms with Crippen molar-refractivity contribution < 1.29 is 17.7 Å². The summed E-state index contributed by atoms with van der Waals surface area (Å²) in [5, 5.41) is 6.93. The summed E-state index contributed by atoms with van der Waals surface area (Å²) in [5.41, 5.74) is 7.02. The number of halogens is 3. The molecule has 1 aromatic heterocycles. The van der Waals surface area contributed by atoms with Gasteiger partial charge in [-0.25, -0.2) is 0 Å². The number of hydrogen-bond donors (Lipinski definition) is 2. The maximum absolute atomic E-state index is 12.6. The minimum atomic E-state index is -4.40. The molecule has 0 bridgehead atoms. The molecule has 0 aliphatic rings. The van der Waals surface area contributed by atoms with E-state index >= 15 is 0 Å². The number of anilines is 2. The van der Waals surface area contributed by atoms with Gasteiger partial charge in [-0.2, -0.15) is 13.2 Å². The highest BCUT2D eigenvalue weighted by Crippen LogP contribution is 2.34. The van der Waals surface area contributed by atoms with Crippen LogP contribution in [0.5, 0.6) is 0 Å². The van der Waals surface area contributed by atoms with Crippen molar-refractivity contribution in [3.63, 3.8) is 0 Å². The van der Waals surface area contributed by atoms with E-state index in [1.165, 1.54) is 6.07 Å². The minimum Gasteiger partial charge on any atom is -0.397 e. The Morgan fingerprint density at radius 2 is 1.95 bits per heavy atom. The Bertz CT molecular complexity index is 630. The lowest BCUT2D eigenvalue weighted by Crippen LogP contribution is -2.11. The predicted molar refractivity (Wildman–Crippen MR) is 73.9 cm³/mol. The Labute approximate surface area is 120 Å². The summed E-state index contributed by atoms with van der Waals surface area (Å²) in [6.45, 7) is 5.45. The number of nitrogens with zero attached hydrogens (tertiary/aromatic N) is 1. The molecule has 4 nitrogen and oxygen atoms in total. The third kappa shape index (κ3) is 3.12. The topological polar surface area (TPSA) is 64.1 Å². The molecule has 0 amide bonds. The van der Waals surface area contributed by atoms with Crippen LogP contribution in [0.25, 0.3) is 0 Å². The maximum atomic E-state index is 12.6. The van der Waals surface area contributed by atoms with E-state index in [0.717, 1.165) is 23.4 Å². The number of benzene rings is 1. The normalized spacial score (nSPS) is 13.2. The fourth-order valence-electron chi connectivity index (χ4n) is 2.28. The molecule has 0 fully saturated rings. The molecule has 2 rings (SSSR count). The molecule has 2 aromatic rings. The quantitative estimate of drug-likeness (QED) is 0.839. The molecule has 114 valence electrons. The second-order valence-electron chi connectivity index (χ2n) is 4.90. The van der Waals surface area contributed by atoms with E-state index < -0.39 is 11.7 Å². The van der Waals surface area contributed by atoms with Crippen LogP contribution >= 0.6 is 0 Å². The summed E-state index contributed by atoms with van der Waals surface area (Å²) in [5.74, 6) is 0.665. The molecule has 0 saturated carbocycles. The average molecular weight is 299 g/mol. The van der Waals surface area contributed by atoms with Gasteiger partial charge < -0.3 is 15.6 Å². The van der Waals surface area contributed by atoms with Gasteiger partial charge in [0.25, 0.3) is 0 Å². The maximum Gasteiger partial charge on any atom is 0.416 e. The van der Waals surface area contributed by atoms with Gasteiger partial charge in [-0.3, -0.25) is 0 Å². The summed E-state index contributed by atoms with van der Waals surface area (Å²) < 4.78 is 42.9. The molecular formula is C14H16F3N3O. The van der Waals surface area contributed by atoms with Crippen LogP contribution in [-0.2, 0) is 6.18 Å². The van der Waals surface area contributed by atoms with Crippen molar-refractivity contribution >= 4 is 11.4 Å². The predicted octanol–water partition coefficient (Wildman–Crippen LogP) is 4.07. The van der Waals surface area contributed by atoms with Gasteiger partial charge in [-0.15, -0.1) is 0 Å². The van der Waals surface area contributed by atoms with Crippen molar-refractivity contribution in [1.82, 2.24) is 5.16 Å². The van der Waals surface area contributed by atoms with Crippen molar-refractivity contribution in [2.45, 2.75) is 33.0 Å². The molecule has 0 spiro atoms. The zero-order chi connectivity index (χ0) is 15.8. The highest BCUT2D eigenvalue weighted by Gasteiger charge is 2.31. The molecule has 1 atom stereocenters. The van der Waals surface area contributed by atoms with Crippen LogP contribution in [0.2, 0.25) is 0 Å². The Morgan fingerprint density at radius 3 is 2.43 bits per heavy atom. The third-order valence-electron chi connectivity index (χ3n) is 3.27. The van der Waals surface area contributed by atoms with Gasteiger partial charge in [-0.1, -0.05) is 5.16 Å². The fourth-order valence-corrected chi connectivity index (χ4v) is 2.28. The van der Waals surface area contributed by atoms with Gasteiger partial charge >= 0.3 is 6.18 Å². The van der Waals surface area contributed by atoms with Crippen LogP contribution in [0.3, 0.4) is 0 Å². The van der Waals surface area contributed by atoms with E-state index in [1.54, 1.807) is 13.8 Å². The molecule has 21 heavy (non-hydrogen) atoms. The van der Waals surface area contributed by atoms with E-state index in [1.807, 2.05) is 6.92 Å². The van der Waals surface area contributed by atoms with Crippen molar-refractivity contribution in [2.75, 3.05) is 11.1 Å². The number of hydrogen-bond acceptors (Lipinski definition) is 4. The van der Waals surface area contributed by atoms with Gasteiger partial charge in [0.2, 0.25) is 0 Å². The van der Waals surface area contributed by atoms with Crippen LogP contribution in [0.15, 0.2) is 22.7 Å². The van der Waals surface area contributed by atoms with E-state index in [9.17, 15) is 13.2 Å². The molecule has 0 radical (unpaired) electrons. The third-order valence-corrected chi connectivity index (χ3v) is 3.27. The molecular weight excluding hydrogens is 283 g/mol. The largest absolute Gasteiger partial charge is 0.416 e. The van der Waals surface area contributed by atoms with Crippen molar-refractivity contribution in [3.05, 3.63) is 40.8 Å². The molecule has 0 aliphatic carbocycles. The van der Waals surface area contributed by atoms with Gasteiger partial charge in [0.15, 0.2) is 0 Å². The Morgan fingerprint density at radius 1 is 1.29 bits per heavy atom. The molecule has 1 unspecified atom stereocenters. The van der Waals surface area contributed by atoms with Crippen LogP contribution in [-0.4, -0.2) is 5.16 Å². The van der Waals surface area contributed by atoms with Crippen LogP contribution < -0.4 is 11.1 Å². The van der Waals surface area contributed by atoms with Gasteiger partial charge in [0.05, 0.1) is 28.7 Å². The van der Waals surface area contributed by atoms with Gasteiger partial charge in [-0.05, 0) is 39.0 Å². The number of alkyl halides is 3. The Hall–Kier alpha value is -2.18. The fraction of sp³-hybridized carbons (Fsp3) is 0.357. The highest BCUT2D eigenvalue weighted by atomic mass is 19.4. The van der Waals surface area contributed by atoms with Crippen LogP contribution in [0, 0.1) is 13.8 Å². The monoisotopic (exact) mass is 299 g/mol. The first-order valence-electron chi connectivity index (χ1n) is 6.36. The lowest BCUT2D eigenvalue weighted by atomic mass is 10.1. The second kappa shape index (κ2) is 5.31. The number of nitrogens with one attached hydrogen (secondary N) is 1. The Balaban J connectivity index is 2.24. The van der Waals surface area contributed by atoms with E-state index in [-0.39, 0.29) is 11.7 Å². The first-order chi connectivity index (χ1) is 9.70. The molecule has 1 aromatic carbocycles. The standard InChI is InChI=1S/C14H16F3N3O/c1-7(13-8(2)20-21-9(13)3)19-12-5-4-10(6-11(12)18)14(15,16)17/h4-7,19H,18H2,1-3H3. The first kappa shape index (κ1) is 15.2. The second-order valence-corrected chi connectivity index (χ2v) is 4.90. The number of nitrogens with two attached hydrogens (primary N) is 1. The lowest BCUT2D eigenvalue weighted by molar-refractivity contribution is -0.137. The molecule has 3 N–H and O–H groups in total. The van der Waals surface area contributed by atoms with Crippen molar-refractivity contribution in [2.24, 2.45) is 0 Å². The minimum absolute atomic E-state index is 0.0448. The zero-order valence-corrected chi connectivity index (χ0v) is 11.9. The Kier molecular flexibility index (Phi) is 3.85. The molecule has 7 heteroatoms. The van der Waals surface area contributed by atoms with Gasteiger partial charge in [0, 0.05) is 5.56 Å². The molecule has 0 saturated heterocycles. The van der Waals surface area contributed by atoms with Crippen LogP contribution in [0.4, 0.5) is 24.5 Å². The molecule has 1 heterocycles. The lowest BCUT2D eigenvalue weighted by Gasteiger charge is -2.18. The van der Waals surface area contributed by atoms with E-state index in [0.29, 0.717) is 11.4 Å². The summed E-state index contributed by atoms with van der Waals surface area (Å²) in [7, 11) is 0. The summed E-state index contributed by atoms with van der Waals surface area (Å²) in [4.78, 5) is 0. The summed E-state index contributed by atoms with van der Waals surface area (Å²) in [6.07, 6.45) is -4.40. The van der Waals surface area contributed by atoms with E-state index in [2.05, 4.69) is 10.5 Å². The molecule has 0 aliphatic heterocycles. The van der Waals surface area contributed by atoms with Crippen LogP contribution in [0.1, 0.15) is 35.5 Å². The summed E-state index contributed by atoms with van der Waals surface area (Å²) >= 11 is 0. The number of nitrogen functional groups attached to an aromatic ring is 1. The van der Waals surface area contributed by atoms with E-state index in [4.69, 9.17) is 10.3 Å². The first-order valence-corrected chi connectivity index (χ1v) is 6.36. The smallest absolute Gasteiger partial charge is 0.397 e. The van der Waals surface area contributed by atoms with Crippen molar-refractivity contribution in [1.29, 1.82) is 0 Å². The number of aryl methyl sites for hydroxylation is 2. The number of rotatable bonds is 3. The highest BCUT2D eigenvalue weighted by molar-refractivity contribution is 5.68. The zero-order valence-electron chi connectivity index (χ0n) is 11.9. The van der Waals surface area contributed by atoms with Gasteiger partial charge in [0.1, 0.15) is 5.76 Å². The number of aromatic nitrogens is 1. The summed E-state index contributed by atoms with van der Waals surface area (Å²) in [6, 6.07) is 3.06. The van der Waals surface area contributed by atoms with Crippen molar-refractivity contribution in [3.8, 4) is 0 Å². The average Bonchev–Trinajstić information content (AvgIpc) is 2.70. The SMILES string of the molecule is Cc1noc(C)c1C(C)Nc1ccc(C(F)(F)F)cc1N.